The van der Waals surface area contributed by atoms with Crippen LogP contribution in [0, 0.1) is 5.92 Å². The molecule has 3 rings (SSSR count). The molecule has 2 aromatic rings. The SMILES string of the molecule is CCCC(C)C(=O)Nc1ccc2c(c1)C(=O)N(c1ccccc1)C2=O. The zero-order valence-electron chi connectivity index (χ0n) is 14.3. The van der Waals surface area contributed by atoms with Gasteiger partial charge < -0.3 is 5.32 Å². The number of para-hydroxylation sites is 1. The highest BCUT2D eigenvalue weighted by molar-refractivity contribution is 6.34. The van der Waals surface area contributed by atoms with Gasteiger partial charge in [0.2, 0.25) is 5.91 Å². The molecular formula is C20H20N2O3. The standard InChI is InChI=1S/C20H20N2O3/c1-3-7-13(2)18(23)21-14-10-11-16-17(12-14)20(25)22(19(16)24)15-8-5-4-6-9-15/h4-6,8-13H,3,7H2,1-2H3,(H,21,23). The topological polar surface area (TPSA) is 66.5 Å². The molecule has 0 fully saturated rings. The van der Waals surface area contributed by atoms with Gasteiger partial charge in [-0.15, -0.1) is 0 Å². The zero-order valence-corrected chi connectivity index (χ0v) is 14.3. The first-order chi connectivity index (χ1) is 12.0. The molecule has 128 valence electrons. The second-order valence-electron chi connectivity index (χ2n) is 6.22. The van der Waals surface area contributed by atoms with Gasteiger partial charge in [-0.25, -0.2) is 4.90 Å². The fraction of sp³-hybridized carbons (Fsp3) is 0.250. The van der Waals surface area contributed by atoms with Gasteiger partial charge in [0.15, 0.2) is 0 Å². The van der Waals surface area contributed by atoms with E-state index in [-0.39, 0.29) is 23.6 Å². The predicted octanol–water partition coefficient (Wildman–Crippen LogP) is 3.86. The number of nitrogens with zero attached hydrogens (tertiary/aromatic N) is 1. The van der Waals surface area contributed by atoms with Crippen molar-refractivity contribution in [2.45, 2.75) is 26.7 Å². The Morgan fingerprint density at radius 1 is 1.04 bits per heavy atom. The summed E-state index contributed by atoms with van der Waals surface area (Å²) in [7, 11) is 0. The maximum absolute atomic E-state index is 12.7. The van der Waals surface area contributed by atoms with Crippen LogP contribution in [0.2, 0.25) is 0 Å². The summed E-state index contributed by atoms with van der Waals surface area (Å²) in [6.45, 7) is 3.90. The predicted molar refractivity (Wildman–Crippen MR) is 96.7 cm³/mol. The van der Waals surface area contributed by atoms with Crippen molar-refractivity contribution in [2.24, 2.45) is 5.92 Å². The fourth-order valence-corrected chi connectivity index (χ4v) is 2.96. The van der Waals surface area contributed by atoms with Gasteiger partial charge in [0.05, 0.1) is 16.8 Å². The van der Waals surface area contributed by atoms with Crippen LogP contribution in [0.4, 0.5) is 11.4 Å². The molecule has 0 spiro atoms. The molecule has 0 aliphatic carbocycles. The number of hydrogen-bond acceptors (Lipinski definition) is 3. The first kappa shape index (κ1) is 16.9. The maximum Gasteiger partial charge on any atom is 0.266 e. The van der Waals surface area contributed by atoms with Crippen LogP contribution in [0.25, 0.3) is 0 Å². The van der Waals surface area contributed by atoms with Crippen LogP contribution < -0.4 is 10.2 Å². The molecular weight excluding hydrogens is 316 g/mol. The lowest BCUT2D eigenvalue weighted by Gasteiger charge is -2.13. The number of nitrogens with one attached hydrogen (secondary N) is 1. The van der Waals surface area contributed by atoms with E-state index in [1.807, 2.05) is 19.9 Å². The van der Waals surface area contributed by atoms with Crippen LogP contribution in [0.1, 0.15) is 47.4 Å². The van der Waals surface area contributed by atoms with E-state index in [0.717, 1.165) is 17.7 Å². The van der Waals surface area contributed by atoms with Crippen LogP contribution in [0.15, 0.2) is 48.5 Å². The Labute approximate surface area is 146 Å². The summed E-state index contributed by atoms with van der Waals surface area (Å²) in [5, 5.41) is 2.83. The fourth-order valence-electron chi connectivity index (χ4n) is 2.96. The average molecular weight is 336 g/mol. The number of carbonyl (C=O) groups is 3. The van der Waals surface area contributed by atoms with E-state index in [0.29, 0.717) is 22.5 Å². The Balaban J connectivity index is 1.86. The van der Waals surface area contributed by atoms with Crippen molar-refractivity contribution in [1.29, 1.82) is 0 Å². The largest absolute Gasteiger partial charge is 0.326 e. The van der Waals surface area contributed by atoms with E-state index < -0.39 is 0 Å². The van der Waals surface area contributed by atoms with Crippen molar-refractivity contribution in [1.82, 2.24) is 0 Å². The second kappa shape index (κ2) is 6.89. The highest BCUT2D eigenvalue weighted by Gasteiger charge is 2.36. The number of rotatable bonds is 5. The molecule has 5 heteroatoms. The Morgan fingerprint density at radius 3 is 2.40 bits per heavy atom. The van der Waals surface area contributed by atoms with Gasteiger partial charge >= 0.3 is 0 Å². The molecule has 0 saturated heterocycles. The van der Waals surface area contributed by atoms with E-state index in [4.69, 9.17) is 0 Å². The smallest absolute Gasteiger partial charge is 0.266 e. The van der Waals surface area contributed by atoms with Crippen molar-refractivity contribution in [3.8, 4) is 0 Å². The summed E-state index contributed by atoms with van der Waals surface area (Å²) in [4.78, 5) is 38.6. The van der Waals surface area contributed by atoms with Gasteiger partial charge in [-0.05, 0) is 36.8 Å². The molecule has 1 aliphatic heterocycles. The Morgan fingerprint density at radius 2 is 1.72 bits per heavy atom. The molecule has 1 heterocycles. The molecule has 0 radical (unpaired) electrons. The summed E-state index contributed by atoms with van der Waals surface area (Å²) in [5.41, 5.74) is 1.74. The van der Waals surface area contributed by atoms with E-state index in [2.05, 4.69) is 5.32 Å². The summed E-state index contributed by atoms with van der Waals surface area (Å²) in [5.74, 6) is -0.901. The third-order valence-electron chi connectivity index (χ3n) is 4.34. The second-order valence-corrected chi connectivity index (χ2v) is 6.22. The van der Waals surface area contributed by atoms with Crippen molar-refractivity contribution < 1.29 is 14.4 Å². The van der Waals surface area contributed by atoms with Crippen molar-refractivity contribution in [2.75, 3.05) is 10.2 Å². The third-order valence-corrected chi connectivity index (χ3v) is 4.34. The highest BCUT2D eigenvalue weighted by atomic mass is 16.2. The van der Waals surface area contributed by atoms with Crippen LogP contribution in [-0.4, -0.2) is 17.7 Å². The molecule has 2 aromatic carbocycles. The monoisotopic (exact) mass is 336 g/mol. The Bertz CT molecular complexity index is 830. The molecule has 0 saturated carbocycles. The summed E-state index contributed by atoms with van der Waals surface area (Å²) in [6, 6.07) is 13.7. The van der Waals surface area contributed by atoms with Crippen molar-refractivity contribution in [3.63, 3.8) is 0 Å². The van der Waals surface area contributed by atoms with Crippen LogP contribution >= 0.6 is 0 Å². The molecule has 0 aromatic heterocycles. The number of anilines is 2. The number of imide groups is 1. The van der Waals surface area contributed by atoms with Crippen molar-refractivity contribution >= 4 is 29.1 Å². The minimum atomic E-state index is -0.371. The quantitative estimate of drug-likeness (QED) is 0.843. The van der Waals surface area contributed by atoms with E-state index in [1.165, 1.54) is 0 Å². The van der Waals surface area contributed by atoms with E-state index >= 15 is 0 Å². The van der Waals surface area contributed by atoms with Gasteiger partial charge in [0.1, 0.15) is 0 Å². The zero-order chi connectivity index (χ0) is 18.0. The first-order valence-corrected chi connectivity index (χ1v) is 8.41. The lowest BCUT2D eigenvalue weighted by molar-refractivity contribution is -0.119. The molecule has 1 N–H and O–H groups in total. The number of fused-ring (bicyclic) bond motifs is 1. The Hall–Kier alpha value is -2.95. The number of amides is 3. The maximum atomic E-state index is 12.7. The van der Waals surface area contributed by atoms with E-state index in [1.54, 1.807) is 42.5 Å². The molecule has 5 nitrogen and oxygen atoms in total. The van der Waals surface area contributed by atoms with Crippen LogP contribution in [0.3, 0.4) is 0 Å². The van der Waals surface area contributed by atoms with Gasteiger partial charge in [-0.1, -0.05) is 38.5 Å². The van der Waals surface area contributed by atoms with Gasteiger partial charge in [0.25, 0.3) is 11.8 Å². The third kappa shape index (κ3) is 3.18. The minimum Gasteiger partial charge on any atom is -0.326 e. The van der Waals surface area contributed by atoms with Gasteiger partial charge in [0, 0.05) is 11.6 Å². The lowest BCUT2D eigenvalue weighted by atomic mass is 10.0. The molecule has 1 unspecified atom stereocenters. The molecule has 3 amide bonds. The highest BCUT2D eigenvalue weighted by Crippen LogP contribution is 2.30. The van der Waals surface area contributed by atoms with E-state index in [9.17, 15) is 14.4 Å². The average Bonchev–Trinajstić information content (AvgIpc) is 2.86. The normalized spacial score (nSPS) is 14.4. The van der Waals surface area contributed by atoms with Crippen LogP contribution in [0.5, 0.6) is 0 Å². The molecule has 1 aliphatic rings. The summed E-state index contributed by atoms with van der Waals surface area (Å²) >= 11 is 0. The van der Waals surface area contributed by atoms with Crippen LogP contribution in [-0.2, 0) is 4.79 Å². The molecule has 1 atom stereocenters. The van der Waals surface area contributed by atoms with Crippen molar-refractivity contribution in [3.05, 3.63) is 59.7 Å². The first-order valence-electron chi connectivity index (χ1n) is 8.41. The summed E-state index contributed by atoms with van der Waals surface area (Å²) < 4.78 is 0. The number of benzene rings is 2. The summed E-state index contributed by atoms with van der Waals surface area (Å²) in [6.07, 6.45) is 1.73. The molecule has 0 bridgehead atoms. The molecule has 25 heavy (non-hydrogen) atoms. The number of hydrogen-bond donors (Lipinski definition) is 1. The number of carbonyl (C=O) groups excluding carboxylic acids is 3. The minimum absolute atomic E-state index is 0.0847. The van der Waals surface area contributed by atoms with Gasteiger partial charge in [-0.3, -0.25) is 14.4 Å². The Kier molecular flexibility index (Phi) is 4.65. The van der Waals surface area contributed by atoms with Gasteiger partial charge in [-0.2, -0.15) is 0 Å². The lowest BCUT2D eigenvalue weighted by Crippen LogP contribution is -2.29.